The third-order valence-electron chi connectivity index (χ3n) is 5.93. The first-order valence-electron chi connectivity index (χ1n) is 9.90. The van der Waals surface area contributed by atoms with Gasteiger partial charge in [0.25, 0.3) is 0 Å². The lowest BCUT2D eigenvalue weighted by molar-refractivity contribution is 0.102. The molecule has 2 aliphatic rings. The van der Waals surface area contributed by atoms with E-state index < -0.39 is 0 Å². The van der Waals surface area contributed by atoms with Crippen molar-refractivity contribution >= 4 is 28.4 Å². The van der Waals surface area contributed by atoms with Crippen LogP contribution >= 0.6 is 0 Å². The summed E-state index contributed by atoms with van der Waals surface area (Å²) in [5.74, 6) is 0.147. The highest BCUT2D eigenvalue weighted by Gasteiger charge is 2.25. The zero-order valence-corrected chi connectivity index (χ0v) is 15.7. The number of fused-ring (bicyclic) bond motifs is 3. The summed E-state index contributed by atoms with van der Waals surface area (Å²) in [6.07, 6.45) is 6.36. The van der Waals surface area contributed by atoms with Crippen molar-refractivity contribution in [2.75, 3.05) is 18.0 Å². The highest BCUT2D eigenvalue weighted by atomic mass is 16.1. The molecule has 27 heavy (non-hydrogen) atoms. The Bertz CT molecular complexity index is 1050. The molecule has 0 saturated carbocycles. The number of allylic oxidation sites excluding steroid dienone is 1. The van der Waals surface area contributed by atoms with Gasteiger partial charge in [0.05, 0.1) is 5.69 Å². The summed E-state index contributed by atoms with van der Waals surface area (Å²) in [4.78, 5) is 18.8. The van der Waals surface area contributed by atoms with Gasteiger partial charge in [0.15, 0.2) is 0 Å². The molecule has 3 aromatic rings. The number of hydrogen-bond acceptors (Lipinski definition) is 2. The number of hydrogen-bond donors (Lipinski definition) is 1. The second kappa shape index (κ2) is 6.41. The molecule has 2 aromatic carbocycles. The van der Waals surface area contributed by atoms with Gasteiger partial charge in [-0.2, -0.15) is 0 Å². The summed E-state index contributed by atoms with van der Waals surface area (Å²) in [5.41, 5.74) is 7.56. The molecular formula is C24H24N2O. The van der Waals surface area contributed by atoms with E-state index in [9.17, 15) is 4.79 Å². The molecular weight excluding hydrogens is 332 g/mol. The minimum atomic E-state index is 0.147. The maximum absolute atomic E-state index is 13.0. The Morgan fingerprint density at radius 2 is 1.78 bits per heavy atom. The predicted octanol–water partition coefficient (Wildman–Crippen LogP) is 5.29. The van der Waals surface area contributed by atoms with Crippen molar-refractivity contribution in [3.05, 3.63) is 70.4 Å². The smallest absolute Gasteiger partial charge is 0.205 e. The molecule has 0 unspecified atom stereocenters. The molecule has 1 fully saturated rings. The molecule has 3 nitrogen and oxygen atoms in total. The van der Waals surface area contributed by atoms with Crippen LogP contribution in [-0.4, -0.2) is 23.9 Å². The molecule has 1 aliphatic heterocycles. The van der Waals surface area contributed by atoms with E-state index >= 15 is 0 Å². The second-order valence-corrected chi connectivity index (χ2v) is 7.81. The number of carbonyl (C=O) groups is 1. The van der Waals surface area contributed by atoms with Crippen LogP contribution in [0, 0.1) is 6.92 Å². The summed E-state index contributed by atoms with van der Waals surface area (Å²) in [5, 5.41) is 1.20. The highest BCUT2D eigenvalue weighted by molar-refractivity contribution is 6.15. The Labute approximate surface area is 159 Å². The first-order valence-corrected chi connectivity index (χ1v) is 9.90. The fourth-order valence-corrected chi connectivity index (χ4v) is 4.44. The quantitative estimate of drug-likeness (QED) is 0.633. The molecule has 0 atom stereocenters. The predicted molar refractivity (Wildman–Crippen MR) is 112 cm³/mol. The molecule has 0 amide bonds. The van der Waals surface area contributed by atoms with E-state index in [0.29, 0.717) is 0 Å². The SMILES string of the molecule is Cc1ccc2[nH]c3c(c2c1)CC/C(=C\c1ccc(N2CCCC2)cc1)C3=O. The number of nitrogens with one attached hydrogen (secondary N) is 1. The van der Waals surface area contributed by atoms with Gasteiger partial charge in [-0.25, -0.2) is 0 Å². The zero-order chi connectivity index (χ0) is 18.4. The van der Waals surface area contributed by atoms with E-state index in [4.69, 9.17) is 0 Å². The van der Waals surface area contributed by atoms with Crippen LogP contribution in [0.3, 0.4) is 0 Å². The van der Waals surface area contributed by atoms with Crippen molar-refractivity contribution in [3.63, 3.8) is 0 Å². The third-order valence-corrected chi connectivity index (χ3v) is 5.93. The number of aryl methyl sites for hydroxylation is 2. The molecule has 0 spiro atoms. The summed E-state index contributed by atoms with van der Waals surface area (Å²) < 4.78 is 0. The number of rotatable bonds is 2. The van der Waals surface area contributed by atoms with Gasteiger partial charge in [0.1, 0.15) is 0 Å². The van der Waals surface area contributed by atoms with Crippen molar-refractivity contribution in [1.29, 1.82) is 0 Å². The van der Waals surface area contributed by atoms with Crippen LogP contribution in [0.25, 0.3) is 17.0 Å². The normalized spacial score (nSPS) is 18.5. The maximum Gasteiger partial charge on any atom is 0.205 e. The standard InChI is InChI=1S/C24H24N2O/c1-16-4-11-22-21(14-16)20-10-7-18(24(27)23(20)25-22)15-17-5-8-19(9-6-17)26-12-2-3-13-26/h4-6,8-9,11,14-15,25H,2-3,7,10,12-13H2,1H3/b18-15+. The van der Waals surface area contributed by atoms with Gasteiger partial charge in [0, 0.05) is 35.3 Å². The van der Waals surface area contributed by atoms with Crippen molar-refractivity contribution in [2.45, 2.75) is 32.6 Å². The van der Waals surface area contributed by atoms with E-state index in [2.05, 4.69) is 65.3 Å². The van der Waals surface area contributed by atoms with Crippen molar-refractivity contribution in [1.82, 2.24) is 4.98 Å². The average molecular weight is 356 g/mol. The Morgan fingerprint density at radius 1 is 1.00 bits per heavy atom. The lowest BCUT2D eigenvalue weighted by Gasteiger charge is -2.18. The fraction of sp³-hybridized carbons (Fsp3) is 0.292. The number of aromatic amines is 1. The summed E-state index contributed by atoms with van der Waals surface area (Å²) in [6, 6.07) is 15.0. The van der Waals surface area contributed by atoms with Gasteiger partial charge < -0.3 is 9.88 Å². The fourth-order valence-electron chi connectivity index (χ4n) is 4.44. The van der Waals surface area contributed by atoms with Crippen LogP contribution in [-0.2, 0) is 6.42 Å². The van der Waals surface area contributed by atoms with Crippen LogP contribution in [0.1, 0.15) is 46.4 Å². The lowest BCUT2D eigenvalue weighted by Crippen LogP contribution is -2.17. The number of Topliss-reactive ketones (excluding diaryl/α,β-unsaturated/α-hetero) is 1. The number of H-pyrrole nitrogens is 1. The van der Waals surface area contributed by atoms with E-state index in [1.165, 1.54) is 35.0 Å². The van der Waals surface area contributed by atoms with Crippen LogP contribution in [0.15, 0.2) is 48.0 Å². The highest BCUT2D eigenvalue weighted by Crippen LogP contribution is 2.33. The van der Waals surface area contributed by atoms with Crippen molar-refractivity contribution in [2.24, 2.45) is 0 Å². The van der Waals surface area contributed by atoms with Gasteiger partial charge >= 0.3 is 0 Å². The first-order chi connectivity index (χ1) is 13.2. The monoisotopic (exact) mass is 356 g/mol. The molecule has 5 rings (SSSR count). The molecule has 1 N–H and O–H groups in total. The van der Waals surface area contributed by atoms with Crippen LogP contribution in [0.5, 0.6) is 0 Å². The van der Waals surface area contributed by atoms with Crippen LogP contribution in [0.2, 0.25) is 0 Å². The number of carbonyl (C=O) groups excluding carboxylic acids is 1. The van der Waals surface area contributed by atoms with Gasteiger partial charge in [-0.15, -0.1) is 0 Å². The summed E-state index contributed by atoms with van der Waals surface area (Å²) in [6.45, 7) is 4.41. The number of ketones is 1. The van der Waals surface area contributed by atoms with Gasteiger partial charge in [-0.3, -0.25) is 4.79 Å². The third kappa shape index (κ3) is 2.87. The largest absolute Gasteiger partial charge is 0.372 e. The Balaban J connectivity index is 1.44. The molecule has 136 valence electrons. The zero-order valence-electron chi connectivity index (χ0n) is 15.7. The molecule has 1 aromatic heterocycles. The Hall–Kier alpha value is -2.81. The molecule has 1 saturated heterocycles. The van der Waals surface area contributed by atoms with E-state index in [1.54, 1.807) is 0 Å². The van der Waals surface area contributed by atoms with Gasteiger partial charge in [0.2, 0.25) is 5.78 Å². The molecule has 0 bridgehead atoms. The maximum atomic E-state index is 13.0. The molecule has 0 radical (unpaired) electrons. The Morgan fingerprint density at radius 3 is 2.56 bits per heavy atom. The van der Waals surface area contributed by atoms with E-state index in [-0.39, 0.29) is 5.78 Å². The van der Waals surface area contributed by atoms with Gasteiger partial charge in [-0.1, -0.05) is 23.8 Å². The summed E-state index contributed by atoms with van der Waals surface area (Å²) in [7, 11) is 0. The molecule has 1 aliphatic carbocycles. The number of anilines is 1. The average Bonchev–Trinajstić information content (AvgIpc) is 3.33. The van der Waals surface area contributed by atoms with E-state index in [1.807, 2.05) is 0 Å². The van der Waals surface area contributed by atoms with Gasteiger partial charge in [-0.05, 0) is 74.1 Å². The lowest BCUT2D eigenvalue weighted by atomic mass is 9.89. The summed E-state index contributed by atoms with van der Waals surface area (Å²) >= 11 is 0. The van der Waals surface area contributed by atoms with Crippen LogP contribution in [0.4, 0.5) is 5.69 Å². The minimum absolute atomic E-state index is 0.147. The number of nitrogens with zero attached hydrogens (tertiary/aromatic N) is 1. The first kappa shape index (κ1) is 16.4. The second-order valence-electron chi connectivity index (χ2n) is 7.81. The van der Waals surface area contributed by atoms with Crippen molar-refractivity contribution in [3.8, 4) is 0 Å². The van der Waals surface area contributed by atoms with E-state index in [0.717, 1.165) is 48.3 Å². The minimum Gasteiger partial charge on any atom is -0.372 e. The topological polar surface area (TPSA) is 36.1 Å². The number of benzene rings is 2. The number of aromatic nitrogens is 1. The Kier molecular flexibility index (Phi) is 3.89. The van der Waals surface area contributed by atoms with Crippen LogP contribution < -0.4 is 4.90 Å². The molecule has 2 heterocycles. The van der Waals surface area contributed by atoms with Crippen molar-refractivity contribution < 1.29 is 4.79 Å². The molecule has 3 heteroatoms.